The van der Waals surface area contributed by atoms with Gasteiger partial charge >= 0.3 is 0 Å². The first-order valence-corrected chi connectivity index (χ1v) is 8.59. The number of allylic oxidation sites excluding steroid dienone is 4. The topological polar surface area (TPSA) is 18.5 Å². The maximum absolute atomic E-state index is 14.5. The molecule has 1 aliphatic carbocycles. The molecule has 0 amide bonds. The normalized spacial score (nSPS) is 16.5. The second kappa shape index (κ2) is 7.40. The van der Waals surface area contributed by atoms with E-state index in [0.29, 0.717) is 39.1 Å². The number of rotatable bonds is 4. The summed E-state index contributed by atoms with van der Waals surface area (Å²) in [7, 11) is 3.02. The molecule has 0 heterocycles. The fourth-order valence-corrected chi connectivity index (χ4v) is 3.72. The van der Waals surface area contributed by atoms with Gasteiger partial charge < -0.3 is 9.47 Å². The van der Waals surface area contributed by atoms with Crippen molar-refractivity contribution in [2.45, 2.75) is 12.3 Å². The monoisotopic (exact) mass is 406 g/mol. The smallest absolute Gasteiger partial charge is 0.140 e. The Kier molecular flexibility index (Phi) is 5.23. The molecule has 0 unspecified atom stereocenters. The molecule has 0 saturated carbocycles. The molecule has 0 aliphatic heterocycles. The highest BCUT2D eigenvalue weighted by atomic mass is 79.9. The first kappa shape index (κ1) is 17.7. The van der Waals surface area contributed by atoms with E-state index >= 15 is 0 Å². The lowest BCUT2D eigenvalue weighted by atomic mass is 9.87. The average Bonchev–Trinajstić information content (AvgIpc) is 2.62. The van der Waals surface area contributed by atoms with Crippen molar-refractivity contribution in [2.75, 3.05) is 14.2 Å². The van der Waals surface area contributed by atoms with Crippen molar-refractivity contribution in [1.29, 1.82) is 0 Å². The van der Waals surface area contributed by atoms with Crippen LogP contribution in [0.4, 0.5) is 8.78 Å². The molecule has 2 nitrogen and oxygen atoms in total. The second-order valence-electron chi connectivity index (χ2n) is 5.63. The van der Waals surface area contributed by atoms with Crippen molar-refractivity contribution < 1.29 is 18.3 Å². The molecule has 25 heavy (non-hydrogen) atoms. The van der Waals surface area contributed by atoms with Gasteiger partial charge in [0.1, 0.15) is 23.1 Å². The third-order valence-electron chi connectivity index (χ3n) is 4.24. The van der Waals surface area contributed by atoms with E-state index in [2.05, 4.69) is 15.9 Å². The zero-order valence-corrected chi connectivity index (χ0v) is 15.4. The lowest BCUT2D eigenvalue weighted by Crippen LogP contribution is -2.08. The van der Waals surface area contributed by atoms with E-state index in [0.717, 1.165) is 0 Å². The number of methoxy groups -OCH3 is 2. The van der Waals surface area contributed by atoms with Crippen LogP contribution >= 0.6 is 15.9 Å². The standard InChI is InChI=1S/C20H17BrF2O2/c1-24-19-14(12-7-3-5-9-16(12)22)11-15(21)20(25-2)18(19)13-8-4-6-10-17(13)23/h3-7,9-11,13H,8H2,1-2H3/t13-/m0/s1. The Labute approximate surface area is 153 Å². The first-order valence-electron chi connectivity index (χ1n) is 7.80. The minimum absolute atomic E-state index is 0.281. The molecule has 0 bridgehead atoms. The van der Waals surface area contributed by atoms with Crippen LogP contribution in [0.3, 0.4) is 0 Å². The van der Waals surface area contributed by atoms with Gasteiger partial charge in [-0.15, -0.1) is 0 Å². The molecule has 0 spiro atoms. The number of ether oxygens (including phenoxy) is 2. The minimum atomic E-state index is -0.544. The molecular weight excluding hydrogens is 390 g/mol. The van der Waals surface area contributed by atoms with Crippen molar-refractivity contribution in [1.82, 2.24) is 0 Å². The molecule has 0 N–H and O–H groups in total. The van der Waals surface area contributed by atoms with Crippen molar-refractivity contribution in [3.63, 3.8) is 0 Å². The van der Waals surface area contributed by atoms with Gasteiger partial charge in [0, 0.05) is 22.6 Å². The summed E-state index contributed by atoms with van der Waals surface area (Å²) in [4.78, 5) is 0. The quantitative estimate of drug-likeness (QED) is 0.604. The van der Waals surface area contributed by atoms with Crippen molar-refractivity contribution in [2.24, 2.45) is 0 Å². The Morgan fingerprint density at radius 3 is 2.40 bits per heavy atom. The summed E-state index contributed by atoms with van der Waals surface area (Å²) in [5.41, 5.74) is 1.50. The maximum atomic E-state index is 14.5. The van der Waals surface area contributed by atoms with Gasteiger partial charge in [-0.05, 0) is 40.6 Å². The van der Waals surface area contributed by atoms with Crippen molar-refractivity contribution in [3.05, 3.63) is 70.2 Å². The molecule has 5 heteroatoms. The van der Waals surface area contributed by atoms with Crippen LogP contribution in [0.2, 0.25) is 0 Å². The highest BCUT2D eigenvalue weighted by molar-refractivity contribution is 9.10. The van der Waals surface area contributed by atoms with Gasteiger partial charge in [0.05, 0.1) is 18.7 Å². The predicted molar refractivity (Wildman–Crippen MR) is 98.3 cm³/mol. The van der Waals surface area contributed by atoms with E-state index < -0.39 is 5.92 Å². The van der Waals surface area contributed by atoms with Gasteiger partial charge in [-0.2, -0.15) is 0 Å². The molecule has 2 aromatic carbocycles. The van der Waals surface area contributed by atoms with E-state index in [-0.39, 0.29) is 11.6 Å². The van der Waals surface area contributed by atoms with E-state index in [4.69, 9.17) is 9.47 Å². The van der Waals surface area contributed by atoms with E-state index in [1.165, 1.54) is 26.4 Å². The minimum Gasteiger partial charge on any atom is -0.496 e. The summed E-state index contributed by atoms with van der Waals surface area (Å²) in [6, 6.07) is 8.16. The number of hydrogen-bond acceptors (Lipinski definition) is 2. The Hall–Kier alpha value is -2.14. The third kappa shape index (κ3) is 3.21. The fraction of sp³-hybridized carbons (Fsp3) is 0.200. The number of halogens is 3. The van der Waals surface area contributed by atoms with Crippen LogP contribution in [0.5, 0.6) is 11.5 Å². The van der Waals surface area contributed by atoms with Crippen molar-refractivity contribution >= 4 is 15.9 Å². The van der Waals surface area contributed by atoms with Crippen LogP contribution in [-0.2, 0) is 0 Å². The maximum Gasteiger partial charge on any atom is 0.140 e. The van der Waals surface area contributed by atoms with E-state index in [1.807, 2.05) is 6.08 Å². The zero-order chi connectivity index (χ0) is 18.0. The molecule has 0 radical (unpaired) electrons. The van der Waals surface area contributed by atoms with Gasteiger partial charge in [0.2, 0.25) is 0 Å². The Bertz CT molecular complexity index is 859. The van der Waals surface area contributed by atoms with Gasteiger partial charge in [-0.3, -0.25) is 0 Å². The van der Waals surface area contributed by atoms with Crippen molar-refractivity contribution in [3.8, 4) is 22.6 Å². The van der Waals surface area contributed by atoms with E-state index in [9.17, 15) is 8.78 Å². The summed E-state index contributed by atoms with van der Waals surface area (Å²) < 4.78 is 40.6. The van der Waals surface area contributed by atoms with Crippen LogP contribution in [0.15, 0.2) is 58.9 Å². The Balaban J connectivity index is 2.31. The zero-order valence-electron chi connectivity index (χ0n) is 13.9. The largest absolute Gasteiger partial charge is 0.496 e. The lowest BCUT2D eigenvalue weighted by molar-refractivity contribution is 0.375. The number of benzene rings is 2. The van der Waals surface area contributed by atoms with Gasteiger partial charge in [0.25, 0.3) is 0 Å². The summed E-state index contributed by atoms with van der Waals surface area (Å²) in [6.07, 6.45) is 5.47. The molecule has 0 fully saturated rings. The van der Waals surface area contributed by atoms with Crippen LogP contribution in [-0.4, -0.2) is 14.2 Å². The molecule has 1 atom stereocenters. The van der Waals surface area contributed by atoms with Crippen LogP contribution in [0.25, 0.3) is 11.1 Å². The SMILES string of the molecule is COc1c(Br)cc(-c2ccccc2F)c(OC)c1[C@H]1CC=CC=C1F. The fourth-order valence-electron chi connectivity index (χ4n) is 3.12. The summed E-state index contributed by atoms with van der Waals surface area (Å²) in [5.74, 6) is -0.298. The lowest BCUT2D eigenvalue weighted by Gasteiger charge is -2.25. The number of hydrogen-bond donors (Lipinski definition) is 0. The van der Waals surface area contributed by atoms with Crippen LogP contribution < -0.4 is 9.47 Å². The Morgan fingerprint density at radius 1 is 1.04 bits per heavy atom. The molecule has 2 aromatic rings. The molecule has 1 aliphatic rings. The third-order valence-corrected chi connectivity index (χ3v) is 4.83. The molecule has 130 valence electrons. The second-order valence-corrected chi connectivity index (χ2v) is 6.49. The molecule has 0 saturated heterocycles. The molecular formula is C20H17BrF2O2. The van der Waals surface area contributed by atoms with Gasteiger partial charge in [-0.25, -0.2) is 8.78 Å². The van der Waals surface area contributed by atoms with Gasteiger partial charge in [-0.1, -0.05) is 30.4 Å². The van der Waals surface area contributed by atoms with Crippen LogP contribution in [0.1, 0.15) is 17.9 Å². The summed E-state index contributed by atoms with van der Waals surface area (Å²) in [5, 5.41) is 0. The molecule has 0 aromatic heterocycles. The molecule has 3 rings (SSSR count). The highest BCUT2D eigenvalue weighted by Crippen LogP contribution is 2.50. The summed E-state index contributed by atoms with van der Waals surface area (Å²) >= 11 is 3.47. The summed E-state index contributed by atoms with van der Waals surface area (Å²) in [6.45, 7) is 0. The van der Waals surface area contributed by atoms with Gasteiger partial charge in [0.15, 0.2) is 0 Å². The predicted octanol–water partition coefficient (Wildman–Crippen LogP) is 6.17. The highest BCUT2D eigenvalue weighted by Gasteiger charge is 2.29. The van der Waals surface area contributed by atoms with E-state index in [1.54, 1.807) is 30.3 Å². The Morgan fingerprint density at radius 2 is 1.76 bits per heavy atom. The van der Waals surface area contributed by atoms with Crippen LogP contribution in [0, 0.1) is 5.82 Å². The average molecular weight is 407 g/mol. The first-order chi connectivity index (χ1) is 12.1.